The van der Waals surface area contributed by atoms with Gasteiger partial charge in [0.25, 0.3) is 11.6 Å². The Morgan fingerprint density at radius 3 is 2.54 bits per heavy atom. The fourth-order valence-corrected chi connectivity index (χ4v) is 4.96. The summed E-state index contributed by atoms with van der Waals surface area (Å²) in [5, 5.41) is 21.5. The summed E-state index contributed by atoms with van der Waals surface area (Å²) in [5.41, 5.74) is -0.917. The molecule has 2 aliphatic heterocycles. The number of halogens is 3. The van der Waals surface area contributed by atoms with Gasteiger partial charge in [0.2, 0.25) is 10.2 Å². The number of nitrogens with one attached hydrogen (secondary N) is 1. The Morgan fingerprint density at radius 2 is 1.89 bits per heavy atom. The number of thioether (sulfide) groups is 1. The number of nitro benzene ring substituents is 1. The standard InChI is InChI=1S/C20H12F3N5O7S2/c1-34-14-9-10(6-7-13(14)35-37(32,33)15-5-3-2-4-12(15)28(30)31)8-11-16(24)27-19(25-17(11)29)36-18(26-27)20(21,22)23/h2-9,24H,1H3. The molecule has 0 unspecified atom stereocenters. The number of hydrogen-bond acceptors (Lipinski definition) is 10. The Balaban J connectivity index is 1.65. The first-order valence-corrected chi connectivity index (χ1v) is 12.0. The van der Waals surface area contributed by atoms with Crippen LogP contribution in [0.2, 0.25) is 0 Å². The number of hydrogen-bond donors (Lipinski definition) is 1. The zero-order valence-corrected chi connectivity index (χ0v) is 19.8. The average molecular weight is 555 g/mol. The molecule has 0 aromatic heterocycles. The van der Waals surface area contributed by atoms with E-state index in [2.05, 4.69) is 10.1 Å². The number of methoxy groups -OCH3 is 1. The van der Waals surface area contributed by atoms with Gasteiger partial charge in [0.15, 0.2) is 22.2 Å². The highest BCUT2D eigenvalue weighted by molar-refractivity contribution is 8.27. The van der Waals surface area contributed by atoms with Gasteiger partial charge in [-0.3, -0.25) is 20.3 Å². The van der Waals surface area contributed by atoms with Crippen molar-refractivity contribution >= 4 is 55.6 Å². The molecule has 2 heterocycles. The van der Waals surface area contributed by atoms with Crippen LogP contribution in [0.3, 0.4) is 0 Å². The molecule has 192 valence electrons. The summed E-state index contributed by atoms with van der Waals surface area (Å²) in [6.07, 6.45) is -3.67. The van der Waals surface area contributed by atoms with Crippen molar-refractivity contribution in [3.63, 3.8) is 0 Å². The maximum Gasteiger partial charge on any atom is 0.441 e. The van der Waals surface area contributed by atoms with Crippen LogP contribution in [0.4, 0.5) is 18.9 Å². The first kappa shape index (κ1) is 25.8. The summed E-state index contributed by atoms with van der Waals surface area (Å²) in [5.74, 6) is -2.14. The number of amides is 1. The van der Waals surface area contributed by atoms with Crippen molar-refractivity contribution in [1.82, 2.24) is 5.01 Å². The third kappa shape index (κ3) is 5.03. The number of alkyl halides is 3. The third-order valence-corrected chi connectivity index (χ3v) is 6.96. The fraction of sp³-hybridized carbons (Fsp3) is 0.100. The van der Waals surface area contributed by atoms with E-state index in [4.69, 9.17) is 14.3 Å². The van der Waals surface area contributed by atoms with Gasteiger partial charge in [0.05, 0.1) is 17.6 Å². The van der Waals surface area contributed by atoms with Gasteiger partial charge in [-0.05, 0) is 41.6 Å². The molecule has 2 aromatic rings. The maximum atomic E-state index is 13.0. The van der Waals surface area contributed by atoms with E-state index in [0.29, 0.717) is 5.01 Å². The quantitative estimate of drug-likeness (QED) is 0.243. The minimum Gasteiger partial charge on any atom is -0.493 e. The first-order valence-electron chi connectivity index (χ1n) is 9.75. The number of hydrazone groups is 1. The molecule has 0 radical (unpaired) electrons. The Morgan fingerprint density at radius 1 is 1.19 bits per heavy atom. The van der Waals surface area contributed by atoms with Crippen molar-refractivity contribution in [3.05, 3.63) is 63.7 Å². The monoisotopic (exact) mass is 555 g/mol. The molecule has 17 heteroatoms. The van der Waals surface area contributed by atoms with E-state index in [9.17, 15) is 36.5 Å². The second kappa shape index (κ2) is 9.32. The van der Waals surface area contributed by atoms with Crippen LogP contribution in [0, 0.1) is 15.5 Å². The van der Waals surface area contributed by atoms with Gasteiger partial charge < -0.3 is 8.92 Å². The SMILES string of the molecule is COc1cc(C=C2C(=N)N3N=C(C(F)(F)F)SC3=NC2=O)ccc1OS(=O)(=O)c1ccccc1[N+](=O)[O-]. The van der Waals surface area contributed by atoms with Crippen molar-refractivity contribution in [1.29, 1.82) is 5.41 Å². The average Bonchev–Trinajstić information content (AvgIpc) is 3.27. The predicted molar refractivity (Wildman–Crippen MR) is 125 cm³/mol. The number of aliphatic imine (C=N–C) groups is 1. The molecule has 0 saturated carbocycles. The molecule has 12 nitrogen and oxygen atoms in total. The third-order valence-electron chi connectivity index (χ3n) is 4.73. The van der Waals surface area contributed by atoms with E-state index >= 15 is 0 Å². The molecule has 0 saturated heterocycles. The van der Waals surface area contributed by atoms with Gasteiger partial charge >= 0.3 is 16.3 Å². The second-order valence-electron chi connectivity index (χ2n) is 7.10. The Labute approximate surface area is 209 Å². The topological polar surface area (TPSA) is 165 Å². The number of amidine groups is 2. The number of benzene rings is 2. The van der Waals surface area contributed by atoms with E-state index in [1.54, 1.807) is 0 Å². The van der Waals surface area contributed by atoms with Gasteiger partial charge in [-0.1, -0.05) is 18.2 Å². The molecule has 0 spiro atoms. The van der Waals surface area contributed by atoms with Gasteiger partial charge in [0.1, 0.15) is 0 Å². The van der Waals surface area contributed by atoms with Gasteiger partial charge in [0, 0.05) is 6.07 Å². The number of rotatable bonds is 6. The zero-order chi connectivity index (χ0) is 27.1. The van der Waals surface area contributed by atoms with Crippen molar-refractivity contribution in [2.45, 2.75) is 11.1 Å². The van der Waals surface area contributed by atoms with Crippen LogP contribution in [-0.2, 0) is 14.9 Å². The molecule has 1 N–H and O–H groups in total. The highest BCUT2D eigenvalue weighted by Gasteiger charge is 2.46. The normalized spacial score (nSPS) is 16.9. The lowest BCUT2D eigenvalue weighted by Gasteiger charge is -2.20. The van der Waals surface area contributed by atoms with E-state index in [1.807, 2.05) is 0 Å². The first-order chi connectivity index (χ1) is 17.3. The number of para-hydroxylation sites is 1. The Hall–Kier alpha value is -4.25. The van der Waals surface area contributed by atoms with E-state index in [0.717, 1.165) is 24.3 Å². The van der Waals surface area contributed by atoms with Crippen LogP contribution in [0.25, 0.3) is 6.08 Å². The lowest BCUT2D eigenvalue weighted by molar-refractivity contribution is -0.387. The summed E-state index contributed by atoms with van der Waals surface area (Å²) in [6.45, 7) is 0. The van der Waals surface area contributed by atoms with E-state index in [1.165, 1.54) is 31.4 Å². The molecular weight excluding hydrogens is 543 g/mol. The molecular formula is C20H12F3N5O7S2. The van der Waals surface area contributed by atoms with Gasteiger partial charge in [-0.2, -0.15) is 36.7 Å². The molecule has 4 rings (SSSR count). The second-order valence-corrected chi connectivity index (χ2v) is 9.57. The summed E-state index contributed by atoms with van der Waals surface area (Å²) >= 11 is 0.108. The van der Waals surface area contributed by atoms with Crippen LogP contribution in [-0.4, -0.2) is 53.6 Å². The largest absolute Gasteiger partial charge is 0.493 e. The van der Waals surface area contributed by atoms with Crippen molar-refractivity contribution in [2.75, 3.05) is 7.11 Å². The molecule has 1 amide bonds. The van der Waals surface area contributed by atoms with Crippen molar-refractivity contribution < 1.29 is 40.2 Å². The smallest absolute Gasteiger partial charge is 0.441 e. The lowest BCUT2D eigenvalue weighted by atomic mass is 10.1. The molecule has 2 aromatic carbocycles. The number of fused-ring (bicyclic) bond motifs is 1. The minimum absolute atomic E-state index is 0.108. The maximum absolute atomic E-state index is 13.0. The van der Waals surface area contributed by atoms with Crippen molar-refractivity contribution in [2.24, 2.45) is 10.1 Å². The lowest BCUT2D eigenvalue weighted by Crippen LogP contribution is -2.35. The Bertz CT molecular complexity index is 1550. The van der Waals surface area contributed by atoms with Crippen LogP contribution in [0.15, 0.2) is 63.0 Å². The summed E-state index contributed by atoms with van der Waals surface area (Å²) in [7, 11) is -3.49. The summed E-state index contributed by atoms with van der Waals surface area (Å²) in [6, 6.07) is 8.18. The summed E-state index contributed by atoms with van der Waals surface area (Å²) in [4.78, 5) is 25.6. The molecule has 37 heavy (non-hydrogen) atoms. The highest BCUT2D eigenvalue weighted by Crippen LogP contribution is 2.36. The van der Waals surface area contributed by atoms with Crippen LogP contribution in [0.1, 0.15) is 5.56 Å². The highest BCUT2D eigenvalue weighted by atomic mass is 32.2. The van der Waals surface area contributed by atoms with Crippen LogP contribution >= 0.6 is 11.8 Å². The molecule has 0 fully saturated rings. The summed E-state index contributed by atoms with van der Waals surface area (Å²) < 4.78 is 74.5. The van der Waals surface area contributed by atoms with Gasteiger partial charge in [-0.15, -0.1) is 0 Å². The molecule has 0 bridgehead atoms. The van der Waals surface area contributed by atoms with E-state index in [-0.39, 0.29) is 34.4 Å². The number of nitrogens with zero attached hydrogens (tertiary/aromatic N) is 4. The number of carbonyl (C=O) groups excluding carboxylic acids is 1. The number of carbonyl (C=O) groups is 1. The molecule has 2 aliphatic rings. The molecule has 0 atom stereocenters. The number of nitro groups is 1. The predicted octanol–water partition coefficient (Wildman–Crippen LogP) is 3.55. The van der Waals surface area contributed by atoms with Gasteiger partial charge in [-0.25, -0.2) is 0 Å². The van der Waals surface area contributed by atoms with Crippen molar-refractivity contribution in [3.8, 4) is 11.5 Å². The Kier molecular flexibility index (Phi) is 6.51. The van der Waals surface area contributed by atoms with E-state index < -0.39 is 53.8 Å². The minimum atomic E-state index is -4.79. The van der Waals surface area contributed by atoms with Crippen LogP contribution < -0.4 is 8.92 Å². The zero-order valence-electron chi connectivity index (χ0n) is 18.2. The number of ether oxygens (including phenoxy) is 1. The van der Waals surface area contributed by atoms with Crippen LogP contribution in [0.5, 0.6) is 11.5 Å². The molecule has 0 aliphatic carbocycles. The fourth-order valence-electron chi connectivity index (χ4n) is 3.10.